The molecule has 58 valence electrons. The summed E-state index contributed by atoms with van der Waals surface area (Å²) in [5.41, 5.74) is 1.26. The van der Waals surface area contributed by atoms with E-state index in [9.17, 15) is 0 Å². The summed E-state index contributed by atoms with van der Waals surface area (Å²) in [5.74, 6) is 0. The maximum atomic E-state index is 5.82. The van der Waals surface area contributed by atoms with Gasteiger partial charge in [-0.25, -0.2) is 0 Å². The first-order valence-electron chi connectivity index (χ1n) is 3.73. The molecule has 0 aliphatic heterocycles. The first kappa shape index (κ1) is 9.77. The van der Waals surface area contributed by atoms with Crippen LogP contribution in [0.1, 0.15) is 33.6 Å². The van der Waals surface area contributed by atoms with Crippen molar-refractivity contribution in [3.05, 3.63) is 22.8 Å². The standard InChI is InChI=1S/C9H15Cl/c1-4-6-8(3)7-9(10)5-2/h6-7H,4-5H2,1-3H3/b8-6-,9-7+. The third-order valence-electron chi connectivity index (χ3n) is 1.25. The highest BCUT2D eigenvalue weighted by Crippen LogP contribution is 2.10. The van der Waals surface area contributed by atoms with Crippen LogP contribution in [0, 0.1) is 0 Å². The third-order valence-corrected chi connectivity index (χ3v) is 1.62. The Hall–Kier alpha value is -0.230. The zero-order valence-corrected chi connectivity index (χ0v) is 7.70. The van der Waals surface area contributed by atoms with Crippen LogP contribution in [0.15, 0.2) is 22.8 Å². The van der Waals surface area contributed by atoms with E-state index in [4.69, 9.17) is 11.6 Å². The van der Waals surface area contributed by atoms with Crippen LogP contribution in [0.3, 0.4) is 0 Å². The van der Waals surface area contributed by atoms with Gasteiger partial charge in [0.1, 0.15) is 0 Å². The number of halogens is 1. The Kier molecular flexibility index (Phi) is 5.42. The minimum Gasteiger partial charge on any atom is -0.0892 e. The van der Waals surface area contributed by atoms with Gasteiger partial charge in [0.25, 0.3) is 0 Å². The molecule has 0 aromatic rings. The molecule has 1 heteroatoms. The minimum atomic E-state index is 0.927. The molecule has 0 nitrogen and oxygen atoms in total. The molecule has 0 saturated heterocycles. The van der Waals surface area contributed by atoms with Crippen LogP contribution < -0.4 is 0 Å². The lowest BCUT2D eigenvalue weighted by molar-refractivity contribution is 1.17. The molecular formula is C9H15Cl. The van der Waals surface area contributed by atoms with Gasteiger partial charge < -0.3 is 0 Å². The molecule has 0 spiro atoms. The summed E-state index contributed by atoms with van der Waals surface area (Å²) >= 11 is 5.82. The van der Waals surface area contributed by atoms with E-state index in [1.807, 2.05) is 6.08 Å². The molecule has 0 radical (unpaired) electrons. The normalized spacial score (nSPS) is 14.0. The lowest BCUT2D eigenvalue weighted by atomic mass is 10.2. The zero-order chi connectivity index (χ0) is 7.98. The summed E-state index contributed by atoms with van der Waals surface area (Å²) in [4.78, 5) is 0. The van der Waals surface area contributed by atoms with Gasteiger partial charge in [0.2, 0.25) is 0 Å². The number of allylic oxidation sites excluding steroid dienone is 4. The second kappa shape index (κ2) is 5.55. The Labute approximate surface area is 68.6 Å². The second-order valence-electron chi connectivity index (χ2n) is 2.30. The fourth-order valence-corrected chi connectivity index (χ4v) is 0.902. The van der Waals surface area contributed by atoms with Gasteiger partial charge in [-0.2, -0.15) is 0 Å². The fraction of sp³-hybridized carbons (Fsp3) is 0.556. The topological polar surface area (TPSA) is 0 Å². The van der Waals surface area contributed by atoms with Crippen LogP contribution in [-0.4, -0.2) is 0 Å². The van der Waals surface area contributed by atoms with Crippen molar-refractivity contribution in [1.82, 2.24) is 0 Å². The average molecular weight is 159 g/mol. The van der Waals surface area contributed by atoms with Crippen LogP contribution in [-0.2, 0) is 0 Å². The predicted octanol–water partition coefficient (Wildman–Crippen LogP) is 3.88. The SMILES string of the molecule is CC/C=C(C)\C=C(\Cl)CC. The third kappa shape index (κ3) is 4.63. The maximum Gasteiger partial charge on any atom is 0.0180 e. The highest BCUT2D eigenvalue weighted by molar-refractivity contribution is 6.29. The zero-order valence-electron chi connectivity index (χ0n) is 6.95. The molecule has 0 amide bonds. The number of rotatable bonds is 3. The summed E-state index contributed by atoms with van der Waals surface area (Å²) < 4.78 is 0. The molecule has 0 saturated carbocycles. The summed E-state index contributed by atoms with van der Waals surface area (Å²) in [6.45, 7) is 6.25. The first-order valence-corrected chi connectivity index (χ1v) is 4.11. The van der Waals surface area contributed by atoms with Crippen LogP contribution in [0.25, 0.3) is 0 Å². The Balaban J connectivity index is 3.98. The van der Waals surface area contributed by atoms with E-state index in [2.05, 4.69) is 26.8 Å². The van der Waals surface area contributed by atoms with E-state index in [0.29, 0.717) is 0 Å². The summed E-state index contributed by atoms with van der Waals surface area (Å²) in [6, 6.07) is 0. The van der Waals surface area contributed by atoms with Crippen molar-refractivity contribution < 1.29 is 0 Å². The van der Waals surface area contributed by atoms with E-state index in [1.165, 1.54) is 5.57 Å². The van der Waals surface area contributed by atoms with Gasteiger partial charge in [0, 0.05) is 5.03 Å². The molecule has 0 aliphatic carbocycles. The van der Waals surface area contributed by atoms with Gasteiger partial charge in [0.15, 0.2) is 0 Å². The Morgan fingerprint density at radius 2 is 2.00 bits per heavy atom. The molecule has 0 unspecified atom stereocenters. The fourth-order valence-electron chi connectivity index (χ4n) is 0.730. The summed E-state index contributed by atoms with van der Waals surface area (Å²) in [5, 5.41) is 0.933. The second-order valence-corrected chi connectivity index (χ2v) is 2.79. The van der Waals surface area contributed by atoms with E-state index in [-0.39, 0.29) is 0 Å². The lowest BCUT2D eigenvalue weighted by Crippen LogP contribution is -1.71. The highest BCUT2D eigenvalue weighted by atomic mass is 35.5. The van der Waals surface area contributed by atoms with Crippen LogP contribution in [0.4, 0.5) is 0 Å². The smallest absolute Gasteiger partial charge is 0.0180 e. The van der Waals surface area contributed by atoms with Gasteiger partial charge in [-0.1, -0.05) is 37.1 Å². The summed E-state index contributed by atoms with van der Waals surface area (Å²) in [7, 11) is 0. The highest BCUT2D eigenvalue weighted by Gasteiger charge is 1.86. The molecular weight excluding hydrogens is 144 g/mol. The van der Waals surface area contributed by atoms with Crippen LogP contribution >= 0.6 is 11.6 Å². The van der Waals surface area contributed by atoms with Crippen LogP contribution in [0.5, 0.6) is 0 Å². The molecule has 0 bridgehead atoms. The molecule has 0 atom stereocenters. The maximum absolute atomic E-state index is 5.82. The Morgan fingerprint density at radius 3 is 2.40 bits per heavy atom. The number of hydrogen-bond donors (Lipinski definition) is 0. The van der Waals surface area contributed by atoms with Crippen molar-refractivity contribution in [1.29, 1.82) is 0 Å². The van der Waals surface area contributed by atoms with Gasteiger partial charge in [0.05, 0.1) is 0 Å². The van der Waals surface area contributed by atoms with Crippen molar-refractivity contribution in [2.75, 3.05) is 0 Å². The largest absolute Gasteiger partial charge is 0.0892 e. The molecule has 0 rings (SSSR count). The monoisotopic (exact) mass is 158 g/mol. The van der Waals surface area contributed by atoms with Crippen molar-refractivity contribution in [3.63, 3.8) is 0 Å². The van der Waals surface area contributed by atoms with E-state index in [1.54, 1.807) is 0 Å². The van der Waals surface area contributed by atoms with Crippen molar-refractivity contribution in [2.24, 2.45) is 0 Å². The quantitative estimate of drug-likeness (QED) is 0.547. The van der Waals surface area contributed by atoms with Gasteiger partial charge in [-0.3, -0.25) is 0 Å². The van der Waals surface area contributed by atoms with E-state index < -0.39 is 0 Å². The van der Waals surface area contributed by atoms with Crippen LogP contribution in [0.2, 0.25) is 0 Å². The molecule has 0 aromatic carbocycles. The average Bonchev–Trinajstić information content (AvgIpc) is 1.88. The molecule has 0 aromatic heterocycles. The van der Waals surface area contributed by atoms with E-state index in [0.717, 1.165) is 17.9 Å². The lowest BCUT2D eigenvalue weighted by Gasteiger charge is -1.92. The number of hydrogen-bond acceptors (Lipinski definition) is 0. The van der Waals surface area contributed by atoms with Crippen molar-refractivity contribution >= 4 is 11.6 Å². The van der Waals surface area contributed by atoms with Gasteiger partial charge >= 0.3 is 0 Å². The Morgan fingerprint density at radius 1 is 1.40 bits per heavy atom. The molecule has 0 N–H and O–H groups in total. The molecule has 0 aliphatic rings. The first-order chi connectivity index (χ1) is 4.70. The molecule has 10 heavy (non-hydrogen) atoms. The van der Waals surface area contributed by atoms with Crippen molar-refractivity contribution in [3.8, 4) is 0 Å². The van der Waals surface area contributed by atoms with Gasteiger partial charge in [-0.15, -0.1) is 0 Å². The van der Waals surface area contributed by atoms with Gasteiger partial charge in [-0.05, 0) is 25.8 Å². The predicted molar refractivity (Wildman–Crippen MR) is 48.3 cm³/mol. The van der Waals surface area contributed by atoms with E-state index >= 15 is 0 Å². The molecule has 0 heterocycles. The van der Waals surface area contributed by atoms with Crippen molar-refractivity contribution in [2.45, 2.75) is 33.6 Å². The molecule has 0 fully saturated rings. The summed E-state index contributed by atoms with van der Waals surface area (Å²) in [6.07, 6.45) is 6.19. The Bertz CT molecular complexity index is 143. The minimum absolute atomic E-state index is 0.927.